The molecule has 0 saturated heterocycles. The van der Waals surface area contributed by atoms with Crippen LogP contribution in [0.4, 0.5) is 5.82 Å². The van der Waals surface area contributed by atoms with Gasteiger partial charge >= 0.3 is 0 Å². The van der Waals surface area contributed by atoms with Crippen molar-refractivity contribution in [2.45, 2.75) is 12.8 Å². The highest BCUT2D eigenvalue weighted by Crippen LogP contribution is 2.13. The summed E-state index contributed by atoms with van der Waals surface area (Å²) in [5.41, 5.74) is 1.75. The van der Waals surface area contributed by atoms with Crippen molar-refractivity contribution in [3.05, 3.63) is 53.7 Å². The van der Waals surface area contributed by atoms with Crippen LogP contribution >= 0.6 is 0 Å². The lowest BCUT2D eigenvalue weighted by atomic mass is 10.1. The van der Waals surface area contributed by atoms with Gasteiger partial charge in [0.2, 0.25) is 0 Å². The van der Waals surface area contributed by atoms with Gasteiger partial charge in [-0.25, -0.2) is 4.98 Å². The number of carbonyl (C=O) groups is 1. The van der Waals surface area contributed by atoms with Crippen LogP contribution in [0.15, 0.2) is 42.6 Å². The zero-order valence-corrected chi connectivity index (χ0v) is 14.7. The lowest BCUT2D eigenvalue weighted by molar-refractivity contribution is 0.0948. The Kier molecular flexibility index (Phi) is 7.72. The van der Waals surface area contributed by atoms with Crippen molar-refractivity contribution < 1.29 is 14.3 Å². The Labute approximate surface area is 148 Å². The molecule has 2 aromatic rings. The van der Waals surface area contributed by atoms with E-state index in [2.05, 4.69) is 21.7 Å². The Morgan fingerprint density at radius 1 is 1.16 bits per heavy atom. The van der Waals surface area contributed by atoms with E-state index in [4.69, 9.17) is 9.47 Å². The average Bonchev–Trinajstić information content (AvgIpc) is 2.66. The molecular formula is C19H25N3O3. The fourth-order valence-electron chi connectivity index (χ4n) is 2.32. The van der Waals surface area contributed by atoms with E-state index in [-0.39, 0.29) is 5.91 Å². The number of carbonyl (C=O) groups excluding carboxylic acids is 1. The highest BCUT2D eigenvalue weighted by Gasteiger charge is 2.05. The number of nitrogens with zero attached hydrogens (tertiary/aromatic N) is 1. The van der Waals surface area contributed by atoms with Crippen LogP contribution in [0.25, 0.3) is 0 Å². The van der Waals surface area contributed by atoms with Crippen molar-refractivity contribution in [1.82, 2.24) is 10.3 Å². The maximum atomic E-state index is 12.0. The molecule has 6 heteroatoms. The average molecular weight is 343 g/mol. The Bertz CT molecular complexity index is 659. The summed E-state index contributed by atoms with van der Waals surface area (Å²) in [5, 5.41) is 6.09. The van der Waals surface area contributed by atoms with Gasteiger partial charge in [0.15, 0.2) is 0 Å². The predicted molar refractivity (Wildman–Crippen MR) is 98.3 cm³/mol. The molecule has 2 N–H and O–H groups in total. The molecule has 0 aliphatic rings. The first-order chi connectivity index (χ1) is 12.2. The van der Waals surface area contributed by atoms with Crippen LogP contribution in [0.5, 0.6) is 5.75 Å². The maximum Gasteiger partial charge on any atom is 0.252 e. The number of aromatic nitrogens is 1. The maximum absolute atomic E-state index is 12.0. The van der Waals surface area contributed by atoms with Gasteiger partial charge in [0, 0.05) is 33.0 Å². The molecule has 2 rings (SSSR count). The molecule has 1 aromatic carbocycles. The van der Waals surface area contributed by atoms with Gasteiger partial charge in [-0.1, -0.05) is 12.1 Å². The minimum absolute atomic E-state index is 0.119. The minimum atomic E-state index is -0.119. The zero-order valence-electron chi connectivity index (χ0n) is 14.7. The number of hydrogen-bond donors (Lipinski definition) is 2. The van der Waals surface area contributed by atoms with E-state index in [0.717, 1.165) is 31.0 Å². The van der Waals surface area contributed by atoms with Crippen molar-refractivity contribution >= 4 is 11.7 Å². The van der Waals surface area contributed by atoms with Gasteiger partial charge in [-0.2, -0.15) is 0 Å². The van der Waals surface area contributed by atoms with Crippen molar-refractivity contribution in [3.63, 3.8) is 0 Å². The van der Waals surface area contributed by atoms with E-state index < -0.39 is 0 Å². The lowest BCUT2D eigenvalue weighted by Gasteiger charge is -2.08. The minimum Gasteiger partial charge on any atom is -0.497 e. The summed E-state index contributed by atoms with van der Waals surface area (Å²) in [6, 6.07) is 11.6. The molecule has 0 bridgehead atoms. The van der Waals surface area contributed by atoms with E-state index >= 15 is 0 Å². The number of methoxy groups -OCH3 is 2. The molecule has 0 spiro atoms. The molecule has 0 unspecified atom stereocenters. The monoisotopic (exact) mass is 343 g/mol. The summed E-state index contributed by atoms with van der Waals surface area (Å²) in [4.78, 5) is 16.2. The fraction of sp³-hybridized carbons (Fsp3) is 0.368. The molecule has 0 saturated carbocycles. The number of nitrogens with one attached hydrogen (secondary N) is 2. The molecule has 0 fully saturated rings. The molecule has 1 amide bonds. The fourth-order valence-corrected chi connectivity index (χ4v) is 2.32. The third kappa shape index (κ3) is 6.43. The van der Waals surface area contributed by atoms with Gasteiger partial charge in [0.25, 0.3) is 5.91 Å². The van der Waals surface area contributed by atoms with Crippen LogP contribution in [0.1, 0.15) is 22.3 Å². The number of rotatable bonds is 10. The molecule has 134 valence electrons. The van der Waals surface area contributed by atoms with Crippen LogP contribution in [0, 0.1) is 0 Å². The second-order valence-corrected chi connectivity index (χ2v) is 5.56. The first-order valence-corrected chi connectivity index (χ1v) is 8.33. The highest BCUT2D eigenvalue weighted by atomic mass is 16.5. The van der Waals surface area contributed by atoms with Crippen LogP contribution < -0.4 is 15.4 Å². The van der Waals surface area contributed by atoms with Crippen LogP contribution in [0.3, 0.4) is 0 Å². The summed E-state index contributed by atoms with van der Waals surface area (Å²) in [6.45, 7) is 1.98. The molecule has 0 aliphatic carbocycles. The first kappa shape index (κ1) is 18.7. The molecule has 6 nitrogen and oxygen atoms in total. The van der Waals surface area contributed by atoms with E-state index in [1.54, 1.807) is 26.5 Å². The van der Waals surface area contributed by atoms with Gasteiger partial charge in [0.1, 0.15) is 11.6 Å². The normalized spacial score (nSPS) is 10.3. The number of pyridine rings is 1. The largest absolute Gasteiger partial charge is 0.497 e. The lowest BCUT2D eigenvalue weighted by Crippen LogP contribution is -2.25. The van der Waals surface area contributed by atoms with Crippen LogP contribution in [-0.4, -0.2) is 44.8 Å². The number of benzene rings is 1. The quantitative estimate of drug-likeness (QED) is 0.649. The van der Waals surface area contributed by atoms with Gasteiger partial charge in [-0.15, -0.1) is 0 Å². The Hall–Kier alpha value is -2.60. The summed E-state index contributed by atoms with van der Waals surface area (Å²) >= 11 is 0. The molecule has 25 heavy (non-hydrogen) atoms. The van der Waals surface area contributed by atoms with Crippen molar-refractivity contribution in [3.8, 4) is 5.75 Å². The number of ether oxygens (including phenoxy) is 2. The molecule has 1 heterocycles. The van der Waals surface area contributed by atoms with Gasteiger partial charge < -0.3 is 20.1 Å². The van der Waals surface area contributed by atoms with Gasteiger partial charge in [-0.3, -0.25) is 4.79 Å². The number of amides is 1. The van der Waals surface area contributed by atoms with Gasteiger partial charge in [-0.05, 0) is 42.7 Å². The standard InChI is InChI=1S/C19H25N3O3/c1-24-12-4-10-21-19(23)16-7-8-18(22-14-16)20-11-9-15-5-3-6-17(13-15)25-2/h3,5-8,13-14H,4,9-12H2,1-2H3,(H,20,22)(H,21,23). The second kappa shape index (κ2) is 10.3. The van der Waals surface area contributed by atoms with E-state index in [0.29, 0.717) is 18.7 Å². The molecular weight excluding hydrogens is 318 g/mol. The van der Waals surface area contributed by atoms with Crippen LogP contribution in [0.2, 0.25) is 0 Å². The topological polar surface area (TPSA) is 72.5 Å². The number of hydrogen-bond acceptors (Lipinski definition) is 5. The van der Waals surface area contributed by atoms with Crippen molar-refractivity contribution in [1.29, 1.82) is 0 Å². The van der Waals surface area contributed by atoms with E-state index in [1.807, 2.05) is 24.3 Å². The van der Waals surface area contributed by atoms with Gasteiger partial charge in [0.05, 0.1) is 12.7 Å². The number of anilines is 1. The summed E-state index contributed by atoms with van der Waals surface area (Å²) < 4.78 is 10.2. The first-order valence-electron chi connectivity index (χ1n) is 8.33. The highest BCUT2D eigenvalue weighted by molar-refractivity contribution is 5.94. The Morgan fingerprint density at radius 3 is 2.76 bits per heavy atom. The second-order valence-electron chi connectivity index (χ2n) is 5.56. The Morgan fingerprint density at radius 2 is 2.04 bits per heavy atom. The molecule has 0 aliphatic heterocycles. The predicted octanol–water partition coefficient (Wildman–Crippen LogP) is 2.51. The Balaban J connectivity index is 1.76. The third-order valence-corrected chi connectivity index (χ3v) is 3.69. The molecule has 0 radical (unpaired) electrons. The molecule has 1 aromatic heterocycles. The SMILES string of the molecule is COCCCNC(=O)c1ccc(NCCc2cccc(OC)c2)nc1. The van der Waals surface area contributed by atoms with E-state index in [1.165, 1.54) is 5.56 Å². The molecule has 0 atom stereocenters. The van der Waals surface area contributed by atoms with Crippen molar-refractivity contribution in [2.75, 3.05) is 39.2 Å². The summed E-state index contributed by atoms with van der Waals surface area (Å²) in [5.74, 6) is 1.49. The third-order valence-electron chi connectivity index (χ3n) is 3.69. The van der Waals surface area contributed by atoms with Crippen LogP contribution in [-0.2, 0) is 11.2 Å². The summed E-state index contributed by atoms with van der Waals surface area (Å²) in [6.07, 6.45) is 3.24. The van der Waals surface area contributed by atoms with Crippen molar-refractivity contribution in [2.24, 2.45) is 0 Å². The summed E-state index contributed by atoms with van der Waals surface area (Å²) in [7, 11) is 3.31. The van der Waals surface area contributed by atoms with E-state index in [9.17, 15) is 4.79 Å². The smallest absolute Gasteiger partial charge is 0.252 e. The zero-order chi connectivity index (χ0) is 17.9.